The molecular weight excluding hydrogens is 701 g/mol. The minimum atomic E-state index is -1.20. The second kappa shape index (κ2) is 10.6. The molecule has 1 rings (SSSR count). The largest absolute Gasteiger partial charge is 0.478 e. The molecule has 1 amide bonds. The summed E-state index contributed by atoms with van der Waals surface area (Å²) < 4.78 is 10.8. The van der Waals surface area contributed by atoms with Gasteiger partial charge in [0.25, 0.3) is 5.91 Å². The summed E-state index contributed by atoms with van der Waals surface area (Å²) in [5.41, 5.74) is 6.18. The Hall–Kier alpha value is -0.910. The molecule has 0 bridgehead atoms. The molecule has 0 saturated carbocycles. The molecule has 0 heterocycles. The summed E-state index contributed by atoms with van der Waals surface area (Å²) in [6, 6.07) is 0. The number of anilines is 1. The number of nitrogens with two attached hydrogens (primary N) is 1. The van der Waals surface area contributed by atoms with Crippen molar-refractivity contribution in [2.24, 2.45) is 0 Å². The van der Waals surface area contributed by atoms with E-state index in [0.717, 1.165) is 0 Å². The van der Waals surface area contributed by atoms with Gasteiger partial charge in [0.05, 0.1) is 30.5 Å². The van der Waals surface area contributed by atoms with Gasteiger partial charge >= 0.3 is 17.9 Å². The van der Waals surface area contributed by atoms with E-state index in [4.69, 9.17) is 15.2 Å². The predicted molar refractivity (Wildman–Crippen MR) is 120 cm³/mol. The fourth-order valence-corrected chi connectivity index (χ4v) is 6.06. The highest BCUT2D eigenvalue weighted by atomic mass is 127. The van der Waals surface area contributed by atoms with Gasteiger partial charge in [0.15, 0.2) is 6.10 Å². The zero-order valence-corrected chi connectivity index (χ0v) is 20.6. The number of carbonyl (C=O) groups is 4. The number of amides is 1. The average Bonchev–Trinajstić information content (AvgIpc) is 2.54. The van der Waals surface area contributed by atoms with Crippen LogP contribution in [0.15, 0.2) is 0 Å². The third kappa shape index (κ3) is 6.58. The number of hydrogen-bond donors (Lipinski definition) is 3. The van der Waals surface area contributed by atoms with Crippen LogP contribution < -0.4 is 11.1 Å². The zero-order valence-electron chi connectivity index (χ0n) is 14.1. The van der Waals surface area contributed by atoms with E-state index >= 15 is 0 Å². The van der Waals surface area contributed by atoms with Gasteiger partial charge in [0.1, 0.15) is 6.61 Å². The average molecular weight is 716 g/mol. The Morgan fingerprint density at radius 3 is 2.07 bits per heavy atom. The van der Waals surface area contributed by atoms with Crippen LogP contribution in [0.3, 0.4) is 0 Å². The SMILES string of the molecule is CC(=O)OCC(CNC(=O)c1c(I)c(N)c(I)c(C(=O)O)c1I)OC(C)=O. The van der Waals surface area contributed by atoms with Crippen LogP contribution in [0, 0.1) is 10.7 Å². The van der Waals surface area contributed by atoms with Gasteiger partial charge in [-0.05, 0) is 67.8 Å². The van der Waals surface area contributed by atoms with Gasteiger partial charge in [-0.25, -0.2) is 4.79 Å². The van der Waals surface area contributed by atoms with Crippen molar-refractivity contribution in [3.8, 4) is 0 Å². The van der Waals surface area contributed by atoms with Crippen molar-refractivity contribution >= 4 is 97.3 Å². The van der Waals surface area contributed by atoms with Gasteiger partial charge in [-0.2, -0.15) is 0 Å². The lowest BCUT2D eigenvalue weighted by Crippen LogP contribution is -2.38. The zero-order chi connectivity index (χ0) is 20.9. The smallest absolute Gasteiger partial charge is 0.337 e. The predicted octanol–water partition coefficient (Wildman–Crippen LogP) is 2.01. The lowest BCUT2D eigenvalue weighted by molar-refractivity contribution is -0.155. The molecule has 0 saturated heterocycles. The number of carboxylic acids is 1. The topological polar surface area (TPSA) is 145 Å². The highest BCUT2D eigenvalue weighted by molar-refractivity contribution is 14.1. The number of nitrogens with one attached hydrogen (secondary N) is 1. The van der Waals surface area contributed by atoms with E-state index < -0.39 is 29.9 Å². The van der Waals surface area contributed by atoms with Gasteiger partial charge < -0.3 is 25.6 Å². The van der Waals surface area contributed by atoms with Crippen molar-refractivity contribution in [2.75, 3.05) is 18.9 Å². The van der Waals surface area contributed by atoms with E-state index in [0.29, 0.717) is 7.14 Å². The van der Waals surface area contributed by atoms with Gasteiger partial charge in [0.2, 0.25) is 0 Å². The molecule has 0 spiro atoms. The Labute approximate surface area is 195 Å². The van der Waals surface area contributed by atoms with Crippen LogP contribution in [0.4, 0.5) is 5.69 Å². The number of benzene rings is 1. The van der Waals surface area contributed by atoms with Crippen LogP contribution in [0.1, 0.15) is 34.6 Å². The molecule has 12 heteroatoms. The maximum atomic E-state index is 12.6. The molecule has 9 nitrogen and oxygen atoms in total. The Morgan fingerprint density at radius 1 is 1.04 bits per heavy atom. The number of esters is 2. The van der Waals surface area contributed by atoms with E-state index in [1.165, 1.54) is 13.8 Å². The molecule has 0 radical (unpaired) electrons. The first-order valence-electron chi connectivity index (χ1n) is 7.25. The maximum Gasteiger partial charge on any atom is 0.337 e. The Bertz CT molecular complexity index is 798. The Morgan fingerprint density at radius 2 is 1.59 bits per heavy atom. The van der Waals surface area contributed by atoms with Gasteiger partial charge in [-0.15, -0.1) is 0 Å². The van der Waals surface area contributed by atoms with E-state index in [9.17, 15) is 24.3 Å². The van der Waals surface area contributed by atoms with Crippen molar-refractivity contribution in [2.45, 2.75) is 20.0 Å². The van der Waals surface area contributed by atoms with Gasteiger partial charge in [-0.3, -0.25) is 14.4 Å². The Kier molecular flexibility index (Phi) is 9.46. The first kappa shape index (κ1) is 24.1. The molecule has 0 aliphatic heterocycles. The molecular formula is C15H15I3N2O7. The number of carbonyl (C=O) groups excluding carboxylic acids is 3. The minimum Gasteiger partial charge on any atom is -0.478 e. The first-order valence-corrected chi connectivity index (χ1v) is 10.5. The van der Waals surface area contributed by atoms with Crippen LogP contribution in [0.5, 0.6) is 0 Å². The van der Waals surface area contributed by atoms with E-state index in [2.05, 4.69) is 5.32 Å². The third-order valence-electron chi connectivity index (χ3n) is 3.09. The second-order valence-electron chi connectivity index (χ2n) is 5.15. The summed E-state index contributed by atoms with van der Waals surface area (Å²) >= 11 is 5.47. The fraction of sp³-hybridized carbons (Fsp3) is 0.333. The number of carboxylic acid groups (broad SMARTS) is 1. The molecule has 1 aromatic carbocycles. The number of aromatic carboxylic acids is 1. The van der Waals surface area contributed by atoms with Crippen LogP contribution in [0.2, 0.25) is 0 Å². The summed E-state index contributed by atoms with van der Waals surface area (Å²) in [7, 11) is 0. The van der Waals surface area contributed by atoms with Crippen LogP contribution in [-0.2, 0) is 19.1 Å². The molecule has 0 aromatic heterocycles. The summed E-state index contributed by atoms with van der Waals surface area (Å²) in [6.07, 6.45) is -0.884. The Balaban J connectivity index is 3.09. The minimum absolute atomic E-state index is 0.0595. The number of ether oxygens (including phenoxy) is 2. The molecule has 0 fully saturated rings. The second-order valence-corrected chi connectivity index (χ2v) is 8.39. The van der Waals surface area contributed by atoms with Gasteiger partial charge in [-0.1, -0.05) is 0 Å². The number of hydrogen-bond acceptors (Lipinski definition) is 7. The number of halogens is 3. The monoisotopic (exact) mass is 716 g/mol. The molecule has 1 unspecified atom stereocenters. The quantitative estimate of drug-likeness (QED) is 0.221. The fourth-order valence-electron chi connectivity index (χ4n) is 1.95. The van der Waals surface area contributed by atoms with E-state index in [1.807, 2.05) is 45.2 Å². The normalized spacial score (nSPS) is 11.4. The van der Waals surface area contributed by atoms with Crippen LogP contribution >= 0.6 is 67.8 Å². The van der Waals surface area contributed by atoms with Crippen molar-refractivity contribution in [3.05, 3.63) is 21.8 Å². The molecule has 1 aromatic rings. The van der Waals surface area contributed by atoms with E-state index in [-0.39, 0.29) is 33.5 Å². The maximum absolute atomic E-state index is 12.6. The molecule has 4 N–H and O–H groups in total. The summed E-state index contributed by atoms with van der Waals surface area (Å²) in [4.78, 5) is 46.2. The van der Waals surface area contributed by atoms with Crippen molar-refractivity contribution in [1.82, 2.24) is 5.32 Å². The number of nitrogen functional groups attached to an aromatic ring is 1. The molecule has 27 heavy (non-hydrogen) atoms. The van der Waals surface area contributed by atoms with Crippen LogP contribution in [0.25, 0.3) is 0 Å². The van der Waals surface area contributed by atoms with Crippen molar-refractivity contribution < 1.29 is 33.8 Å². The van der Waals surface area contributed by atoms with Gasteiger partial charge in [0, 0.05) is 17.4 Å². The molecule has 1 atom stereocenters. The molecule has 0 aliphatic carbocycles. The molecule has 148 valence electrons. The third-order valence-corrected chi connectivity index (χ3v) is 6.41. The summed E-state index contributed by atoms with van der Waals surface area (Å²) in [5, 5.41) is 12.0. The van der Waals surface area contributed by atoms with Crippen LogP contribution in [-0.4, -0.2) is 48.2 Å². The van der Waals surface area contributed by atoms with Crippen molar-refractivity contribution in [3.63, 3.8) is 0 Å². The lowest BCUT2D eigenvalue weighted by atomic mass is 10.1. The highest BCUT2D eigenvalue weighted by Gasteiger charge is 2.27. The summed E-state index contributed by atoms with van der Waals surface area (Å²) in [5.74, 6) is -2.95. The summed E-state index contributed by atoms with van der Waals surface area (Å²) in [6.45, 7) is 2.04. The highest BCUT2D eigenvalue weighted by Crippen LogP contribution is 2.33. The standard InChI is InChI=1S/C15H15I3N2O7/c1-5(21)26-4-7(27-6(2)22)3-20-14(23)8-10(16)9(15(24)25)12(18)13(19)11(8)17/h7H,3-4,19H2,1-2H3,(H,20,23)(H,24,25). The van der Waals surface area contributed by atoms with Crippen molar-refractivity contribution in [1.29, 1.82) is 0 Å². The molecule has 0 aliphatic rings. The first-order chi connectivity index (χ1) is 12.5. The van der Waals surface area contributed by atoms with E-state index in [1.54, 1.807) is 22.6 Å². The lowest BCUT2D eigenvalue weighted by Gasteiger charge is -2.19. The number of rotatable bonds is 7.